The van der Waals surface area contributed by atoms with Crippen molar-refractivity contribution in [3.05, 3.63) is 66.0 Å². The van der Waals surface area contributed by atoms with E-state index in [9.17, 15) is 4.79 Å². The van der Waals surface area contributed by atoms with E-state index in [0.717, 1.165) is 50.4 Å². The Hall–Kier alpha value is -3.19. The van der Waals surface area contributed by atoms with Gasteiger partial charge in [0.15, 0.2) is 5.82 Å². The van der Waals surface area contributed by atoms with Crippen molar-refractivity contribution in [1.29, 1.82) is 0 Å². The Kier molecular flexibility index (Phi) is 6.62. The molecular weight excluding hydrogens is 390 g/mol. The van der Waals surface area contributed by atoms with Crippen LogP contribution in [-0.4, -0.2) is 52.2 Å². The number of amides is 2. The summed E-state index contributed by atoms with van der Waals surface area (Å²) in [5, 5.41) is 7.01. The fraction of sp³-hybridized carbons (Fsp3) is 0.375. The van der Waals surface area contributed by atoms with Gasteiger partial charge >= 0.3 is 6.03 Å². The summed E-state index contributed by atoms with van der Waals surface area (Å²) in [6, 6.07) is 17.9. The normalized spacial score (nSPS) is 15.1. The molecule has 7 nitrogen and oxygen atoms in total. The molecule has 1 N–H and O–H groups in total. The molecule has 4 rings (SSSR count). The van der Waals surface area contributed by atoms with Gasteiger partial charge in [-0.15, -0.1) is 0 Å². The molecule has 1 aliphatic rings. The third-order valence-corrected chi connectivity index (χ3v) is 5.47. The standard InChI is InChI=1S/C24H29N5O2/c1-18(2)22-26-23(31-27-22)20-9-11-21(12-10-20)25-24(30)29-14-6-13-28(15-16-29)17-19-7-4-3-5-8-19/h3-5,7-12,18H,6,13-17H2,1-2H3,(H,25,30). The third-order valence-electron chi connectivity index (χ3n) is 5.47. The summed E-state index contributed by atoms with van der Waals surface area (Å²) < 4.78 is 5.33. The van der Waals surface area contributed by atoms with E-state index >= 15 is 0 Å². The summed E-state index contributed by atoms with van der Waals surface area (Å²) in [6.45, 7) is 8.32. The van der Waals surface area contributed by atoms with Crippen LogP contribution in [0.3, 0.4) is 0 Å². The number of nitrogens with one attached hydrogen (secondary N) is 1. The summed E-state index contributed by atoms with van der Waals surface area (Å²) in [4.78, 5) is 21.5. The second kappa shape index (κ2) is 9.75. The highest BCUT2D eigenvalue weighted by Gasteiger charge is 2.19. The number of hydrogen-bond acceptors (Lipinski definition) is 5. The van der Waals surface area contributed by atoms with E-state index < -0.39 is 0 Å². The SMILES string of the molecule is CC(C)c1noc(-c2ccc(NC(=O)N3CCCN(Cc4ccccc4)CC3)cc2)n1. The van der Waals surface area contributed by atoms with Crippen LogP contribution >= 0.6 is 0 Å². The lowest BCUT2D eigenvalue weighted by atomic mass is 10.2. The fourth-order valence-electron chi connectivity index (χ4n) is 3.66. The smallest absolute Gasteiger partial charge is 0.321 e. The van der Waals surface area contributed by atoms with Crippen molar-refractivity contribution < 1.29 is 9.32 Å². The van der Waals surface area contributed by atoms with Crippen LogP contribution in [0.5, 0.6) is 0 Å². The van der Waals surface area contributed by atoms with E-state index in [2.05, 4.69) is 44.6 Å². The average Bonchev–Trinajstić information content (AvgIpc) is 3.16. The van der Waals surface area contributed by atoms with Crippen molar-refractivity contribution in [2.24, 2.45) is 0 Å². The molecule has 0 saturated carbocycles. The third kappa shape index (κ3) is 5.49. The zero-order valence-corrected chi connectivity index (χ0v) is 18.1. The minimum absolute atomic E-state index is 0.0609. The van der Waals surface area contributed by atoms with E-state index in [1.165, 1.54) is 5.56 Å². The first kappa shape index (κ1) is 21.1. The zero-order chi connectivity index (χ0) is 21.6. The molecule has 1 saturated heterocycles. The lowest BCUT2D eigenvalue weighted by molar-refractivity contribution is 0.211. The van der Waals surface area contributed by atoms with Gasteiger partial charge in [0.1, 0.15) is 0 Å². The predicted molar refractivity (Wildman–Crippen MR) is 121 cm³/mol. The topological polar surface area (TPSA) is 74.5 Å². The number of rotatable bonds is 5. The zero-order valence-electron chi connectivity index (χ0n) is 18.1. The van der Waals surface area contributed by atoms with Crippen LogP contribution in [0.4, 0.5) is 10.5 Å². The predicted octanol–water partition coefficient (Wildman–Crippen LogP) is 4.60. The molecule has 2 heterocycles. The van der Waals surface area contributed by atoms with Crippen molar-refractivity contribution in [3.8, 4) is 11.5 Å². The Morgan fingerprint density at radius 1 is 1.03 bits per heavy atom. The summed E-state index contributed by atoms with van der Waals surface area (Å²) >= 11 is 0. The van der Waals surface area contributed by atoms with E-state index in [0.29, 0.717) is 11.7 Å². The van der Waals surface area contributed by atoms with Gasteiger partial charge in [0, 0.05) is 49.9 Å². The van der Waals surface area contributed by atoms with Gasteiger partial charge in [0.05, 0.1) is 0 Å². The Morgan fingerprint density at radius 2 is 1.81 bits per heavy atom. The maximum atomic E-state index is 12.8. The highest BCUT2D eigenvalue weighted by Crippen LogP contribution is 2.22. The van der Waals surface area contributed by atoms with Crippen molar-refractivity contribution in [2.75, 3.05) is 31.5 Å². The van der Waals surface area contributed by atoms with Crippen molar-refractivity contribution >= 4 is 11.7 Å². The monoisotopic (exact) mass is 419 g/mol. The number of benzene rings is 2. The lowest BCUT2D eigenvalue weighted by Crippen LogP contribution is -2.38. The fourth-order valence-corrected chi connectivity index (χ4v) is 3.66. The Labute approximate surface area is 183 Å². The minimum atomic E-state index is -0.0609. The summed E-state index contributed by atoms with van der Waals surface area (Å²) in [7, 11) is 0. The number of carbonyl (C=O) groups is 1. The first-order chi connectivity index (χ1) is 15.1. The molecule has 0 bridgehead atoms. The molecule has 1 aromatic heterocycles. The van der Waals surface area contributed by atoms with E-state index in [-0.39, 0.29) is 11.9 Å². The molecule has 0 atom stereocenters. The van der Waals surface area contributed by atoms with Gasteiger partial charge < -0.3 is 14.7 Å². The van der Waals surface area contributed by atoms with Gasteiger partial charge in [-0.2, -0.15) is 4.98 Å². The van der Waals surface area contributed by atoms with Gasteiger partial charge in [-0.1, -0.05) is 49.3 Å². The first-order valence-electron chi connectivity index (χ1n) is 10.8. The van der Waals surface area contributed by atoms with Crippen molar-refractivity contribution in [1.82, 2.24) is 19.9 Å². The number of urea groups is 1. The lowest BCUT2D eigenvalue weighted by Gasteiger charge is -2.22. The second-order valence-electron chi connectivity index (χ2n) is 8.22. The molecule has 1 fully saturated rings. The first-order valence-corrected chi connectivity index (χ1v) is 10.8. The highest BCUT2D eigenvalue weighted by molar-refractivity contribution is 5.89. The molecule has 0 aliphatic carbocycles. The Bertz CT molecular complexity index is 985. The molecule has 31 heavy (non-hydrogen) atoms. The summed E-state index contributed by atoms with van der Waals surface area (Å²) in [5.41, 5.74) is 2.90. The van der Waals surface area contributed by atoms with Crippen LogP contribution in [0.15, 0.2) is 59.1 Å². The van der Waals surface area contributed by atoms with Gasteiger partial charge in [-0.25, -0.2) is 4.79 Å². The molecule has 7 heteroatoms. The number of carbonyl (C=O) groups excluding carboxylic acids is 1. The van der Waals surface area contributed by atoms with E-state index in [1.807, 2.05) is 49.1 Å². The van der Waals surface area contributed by atoms with Gasteiger partial charge in [-0.05, 0) is 36.2 Å². The van der Waals surface area contributed by atoms with Crippen LogP contribution < -0.4 is 5.32 Å². The largest absolute Gasteiger partial charge is 0.334 e. The molecule has 0 spiro atoms. The van der Waals surface area contributed by atoms with Crippen molar-refractivity contribution in [2.45, 2.75) is 32.7 Å². The van der Waals surface area contributed by atoms with Crippen LogP contribution in [-0.2, 0) is 6.54 Å². The van der Waals surface area contributed by atoms with Gasteiger partial charge in [0.2, 0.25) is 0 Å². The molecular formula is C24H29N5O2. The summed E-state index contributed by atoms with van der Waals surface area (Å²) in [6.07, 6.45) is 0.967. The minimum Gasteiger partial charge on any atom is -0.334 e. The van der Waals surface area contributed by atoms with E-state index in [4.69, 9.17) is 4.52 Å². The molecule has 162 valence electrons. The Balaban J connectivity index is 1.31. The number of aromatic nitrogens is 2. The molecule has 0 unspecified atom stereocenters. The number of hydrogen-bond donors (Lipinski definition) is 1. The van der Waals surface area contributed by atoms with Crippen molar-refractivity contribution in [3.63, 3.8) is 0 Å². The molecule has 3 aromatic rings. The Morgan fingerprint density at radius 3 is 2.52 bits per heavy atom. The number of anilines is 1. The van der Waals surface area contributed by atoms with Crippen LogP contribution in [0.2, 0.25) is 0 Å². The van der Waals surface area contributed by atoms with Gasteiger partial charge in [-0.3, -0.25) is 4.90 Å². The van der Waals surface area contributed by atoms with Crippen LogP contribution in [0.25, 0.3) is 11.5 Å². The maximum absolute atomic E-state index is 12.8. The van der Waals surface area contributed by atoms with E-state index in [1.54, 1.807) is 0 Å². The average molecular weight is 420 g/mol. The van der Waals surface area contributed by atoms with Crippen LogP contribution in [0.1, 0.15) is 37.6 Å². The highest BCUT2D eigenvalue weighted by atomic mass is 16.5. The molecule has 2 amide bonds. The van der Waals surface area contributed by atoms with Crippen LogP contribution in [0, 0.1) is 0 Å². The number of nitrogens with zero attached hydrogens (tertiary/aromatic N) is 4. The quantitative estimate of drug-likeness (QED) is 0.654. The molecule has 1 aliphatic heterocycles. The molecule has 2 aromatic carbocycles. The molecule has 0 radical (unpaired) electrons. The summed E-state index contributed by atoms with van der Waals surface area (Å²) in [5.74, 6) is 1.40. The second-order valence-corrected chi connectivity index (χ2v) is 8.22. The van der Waals surface area contributed by atoms with Gasteiger partial charge in [0.25, 0.3) is 5.89 Å². The maximum Gasteiger partial charge on any atom is 0.321 e.